The smallest absolute Gasteiger partial charge is 0.234 e. The van der Waals surface area contributed by atoms with Crippen LogP contribution in [0.15, 0.2) is 69.0 Å². The average molecular weight is 420 g/mol. The first-order valence-electron chi connectivity index (χ1n) is 9.77. The van der Waals surface area contributed by atoms with E-state index >= 15 is 0 Å². The Bertz CT molecular complexity index is 1090. The van der Waals surface area contributed by atoms with Gasteiger partial charge in [0.25, 0.3) is 0 Å². The Morgan fingerprint density at radius 1 is 1.30 bits per heavy atom. The van der Waals surface area contributed by atoms with E-state index in [0.717, 1.165) is 29.8 Å². The van der Waals surface area contributed by atoms with Crippen molar-refractivity contribution >= 4 is 29.1 Å². The van der Waals surface area contributed by atoms with Gasteiger partial charge in [-0.15, -0.1) is 0 Å². The first kappa shape index (κ1) is 20.0. The lowest BCUT2D eigenvalue weighted by Crippen LogP contribution is -2.31. The third-order valence-electron chi connectivity index (χ3n) is 5.26. The number of amides is 1. The second-order valence-corrected chi connectivity index (χ2v) is 8.23. The predicted molar refractivity (Wildman–Crippen MR) is 115 cm³/mol. The lowest BCUT2D eigenvalue weighted by Gasteiger charge is -2.32. The highest BCUT2D eigenvalue weighted by Crippen LogP contribution is 2.44. The van der Waals surface area contributed by atoms with Crippen LogP contribution < -0.4 is 10.6 Å². The van der Waals surface area contributed by atoms with Crippen LogP contribution in [0.25, 0.3) is 0 Å². The number of hydrogen-bond donors (Lipinski definition) is 2. The number of aryl methyl sites for hydroxylation is 1. The zero-order valence-electron chi connectivity index (χ0n) is 16.5. The van der Waals surface area contributed by atoms with Crippen LogP contribution in [-0.2, 0) is 9.59 Å². The number of thioether (sulfide) groups is 1. The molecule has 0 radical (unpaired) electrons. The molecular weight excluding hydrogens is 398 g/mol. The summed E-state index contributed by atoms with van der Waals surface area (Å²) in [6.45, 7) is 1.93. The first-order chi connectivity index (χ1) is 14.6. The maximum atomic E-state index is 12.7. The minimum Gasteiger partial charge on any atom is -0.468 e. The van der Waals surface area contributed by atoms with Crippen molar-refractivity contribution in [1.82, 2.24) is 5.32 Å². The molecule has 1 atom stereocenters. The van der Waals surface area contributed by atoms with Gasteiger partial charge in [-0.2, -0.15) is 5.26 Å². The molecule has 6 nitrogen and oxygen atoms in total. The van der Waals surface area contributed by atoms with Crippen molar-refractivity contribution in [3.63, 3.8) is 0 Å². The van der Waals surface area contributed by atoms with Gasteiger partial charge in [-0.05, 0) is 43.5 Å². The number of para-hydroxylation sites is 1. The summed E-state index contributed by atoms with van der Waals surface area (Å²) in [7, 11) is 0. The Labute approximate surface area is 179 Å². The van der Waals surface area contributed by atoms with Crippen molar-refractivity contribution in [2.24, 2.45) is 0 Å². The number of hydrogen-bond acceptors (Lipinski definition) is 6. The van der Waals surface area contributed by atoms with Crippen LogP contribution in [-0.4, -0.2) is 17.4 Å². The Balaban J connectivity index is 1.58. The molecule has 1 aliphatic heterocycles. The van der Waals surface area contributed by atoms with E-state index in [9.17, 15) is 14.9 Å². The third kappa shape index (κ3) is 3.91. The van der Waals surface area contributed by atoms with E-state index in [4.69, 9.17) is 4.42 Å². The van der Waals surface area contributed by atoms with Crippen LogP contribution >= 0.6 is 11.8 Å². The SMILES string of the molecule is Cc1ccccc1NC(=O)CSC1=C(C#N)[C@H](c2ccco2)C2=C(CCCC2=O)N1. The largest absolute Gasteiger partial charge is 0.468 e. The van der Waals surface area contributed by atoms with Crippen LogP contribution in [0, 0.1) is 18.3 Å². The number of nitrogens with zero attached hydrogens (tertiary/aromatic N) is 1. The summed E-state index contributed by atoms with van der Waals surface area (Å²) in [5, 5.41) is 16.7. The van der Waals surface area contributed by atoms with E-state index in [1.807, 2.05) is 31.2 Å². The highest BCUT2D eigenvalue weighted by Gasteiger charge is 2.38. The zero-order chi connectivity index (χ0) is 21.1. The zero-order valence-corrected chi connectivity index (χ0v) is 17.3. The molecule has 0 bridgehead atoms. The van der Waals surface area contributed by atoms with E-state index in [-0.39, 0.29) is 17.4 Å². The van der Waals surface area contributed by atoms with E-state index in [0.29, 0.717) is 28.4 Å². The van der Waals surface area contributed by atoms with Gasteiger partial charge in [0.05, 0.1) is 34.6 Å². The van der Waals surface area contributed by atoms with Gasteiger partial charge in [0.15, 0.2) is 5.78 Å². The highest BCUT2D eigenvalue weighted by atomic mass is 32.2. The summed E-state index contributed by atoms with van der Waals surface area (Å²) in [4.78, 5) is 25.2. The van der Waals surface area contributed by atoms with Crippen LogP contribution in [0.1, 0.15) is 36.5 Å². The van der Waals surface area contributed by atoms with Crippen molar-refractivity contribution < 1.29 is 14.0 Å². The van der Waals surface area contributed by atoms with Crippen molar-refractivity contribution in [3.05, 3.63) is 75.9 Å². The molecule has 0 saturated heterocycles. The minimum absolute atomic E-state index is 0.0410. The molecular formula is C23H21N3O3S. The van der Waals surface area contributed by atoms with Gasteiger partial charge < -0.3 is 15.1 Å². The number of rotatable bonds is 5. The fraction of sp³-hybridized carbons (Fsp3) is 0.261. The van der Waals surface area contributed by atoms with Crippen molar-refractivity contribution in [2.75, 3.05) is 11.1 Å². The van der Waals surface area contributed by atoms with Gasteiger partial charge in [-0.25, -0.2) is 0 Å². The molecule has 2 aliphatic rings. The van der Waals surface area contributed by atoms with Gasteiger partial charge in [0, 0.05) is 23.4 Å². The molecule has 152 valence electrons. The van der Waals surface area contributed by atoms with Gasteiger partial charge in [-0.3, -0.25) is 9.59 Å². The highest BCUT2D eigenvalue weighted by molar-refractivity contribution is 8.03. The number of carbonyl (C=O) groups is 2. The second kappa shape index (κ2) is 8.64. The number of anilines is 1. The Morgan fingerprint density at radius 2 is 2.13 bits per heavy atom. The molecule has 1 aromatic carbocycles. The molecule has 0 unspecified atom stereocenters. The van der Waals surface area contributed by atoms with Crippen LogP contribution in [0.5, 0.6) is 0 Å². The number of nitriles is 1. The van der Waals surface area contributed by atoms with Gasteiger partial charge in [-0.1, -0.05) is 30.0 Å². The monoisotopic (exact) mass is 419 g/mol. The first-order valence-corrected chi connectivity index (χ1v) is 10.8. The maximum Gasteiger partial charge on any atom is 0.234 e. The number of ketones is 1. The normalized spacial score (nSPS) is 18.5. The number of dihydropyridines is 1. The standard InChI is InChI=1S/C23H21N3O3S/c1-14-6-2-3-7-16(14)25-20(28)13-30-23-15(12-24)21(19-10-5-11-29-19)22-17(26-23)8-4-9-18(22)27/h2-3,5-7,10-11,21,26H,4,8-9,13H2,1H3,(H,25,28)/t21-/m1/s1. The summed E-state index contributed by atoms with van der Waals surface area (Å²) in [6.07, 6.45) is 3.51. The van der Waals surface area contributed by atoms with Crippen molar-refractivity contribution in [1.29, 1.82) is 5.26 Å². The molecule has 30 heavy (non-hydrogen) atoms. The maximum absolute atomic E-state index is 12.7. The van der Waals surface area contributed by atoms with Crippen molar-refractivity contribution in [3.8, 4) is 6.07 Å². The van der Waals surface area contributed by atoms with Crippen molar-refractivity contribution in [2.45, 2.75) is 32.1 Å². The fourth-order valence-electron chi connectivity index (χ4n) is 3.81. The lowest BCUT2D eigenvalue weighted by molar-refractivity contribution is -0.116. The van der Waals surface area contributed by atoms with Crippen LogP contribution in [0.4, 0.5) is 5.69 Å². The molecule has 0 spiro atoms. The fourth-order valence-corrected chi connectivity index (χ4v) is 4.68. The van der Waals surface area contributed by atoms with E-state index < -0.39 is 5.92 Å². The molecule has 0 fully saturated rings. The van der Waals surface area contributed by atoms with E-state index in [2.05, 4.69) is 16.7 Å². The summed E-state index contributed by atoms with van der Waals surface area (Å²) in [5.74, 6) is 0.0620. The third-order valence-corrected chi connectivity index (χ3v) is 6.27. The lowest BCUT2D eigenvalue weighted by atomic mass is 9.79. The number of benzene rings is 1. The molecule has 0 saturated carbocycles. The predicted octanol–water partition coefficient (Wildman–Crippen LogP) is 4.39. The van der Waals surface area contributed by atoms with Gasteiger partial charge in [0.1, 0.15) is 5.76 Å². The van der Waals surface area contributed by atoms with E-state index in [1.165, 1.54) is 11.8 Å². The molecule has 4 rings (SSSR count). The summed E-state index contributed by atoms with van der Waals surface area (Å²) in [5.41, 5.74) is 3.60. The number of Topliss-reactive ketones (excluding diaryl/α,β-unsaturated/α-hetero) is 1. The Morgan fingerprint density at radius 3 is 2.87 bits per heavy atom. The molecule has 2 heterocycles. The molecule has 1 amide bonds. The molecule has 2 aromatic rings. The van der Waals surface area contributed by atoms with Crippen LogP contribution in [0.2, 0.25) is 0 Å². The number of nitrogens with one attached hydrogen (secondary N) is 2. The topological polar surface area (TPSA) is 95.1 Å². The Hall–Kier alpha value is -3.24. The van der Waals surface area contributed by atoms with Gasteiger partial charge in [0.2, 0.25) is 5.91 Å². The van der Waals surface area contributed by atoms with Gasteiger partial charge >= 0.3 is 0 Å². The summed E-state index contributed by atoms with van der Waals surface area (Å²) in [6, 6.07) is 13.4. The second-order valence-electron chi connectivity index (χ2n) is 7.25. The molecule has 2 N–H and O–H groups in total. The summed E-state index contributed by atoms with van der Waals surface area (Å²) >= 11 is 1.27. The number of carbonyl (C=O) groups excluding carboxylic acids is 2. The average Bonchev–Trinajstić information content (AvgIpc) is 3.27. The molecule has 1 aliphatic carbocycles. The van der Waals surface area contributed by atoms with Crippen LogP contribution in [0.3, 0.4) is 0 Å². The molecule has 7 heteroatoms. The minimum atomic E-state index is -0.532. The Kier molecular flexibility index (Phi) is 5.77. The summed E-state index contributed by atoms with van der Waals surface area (Å²) < 4.78 is 5.58. The molecule has 1 aromatic heterocycles. The number of furan rings is 1. The van der Waals surface area contributed by atoms with E-state index in [1.54, 1.807) is 18.4 Å². The quantitative estimate of drug-likeness (QED) is 0.746. The number of allylic oxidation sites excluding steroid dienone is 3.